The number of nitrogens with one attached hydrogen (secondary N) is 1. The van der Waals surface area contributed by atoms with Crippen molar-refractivity contribution in [1.29, 1.82) is 0 Å². The number of benzene rings is 1. The number of H-pyrrole nitrogens is 1. The molecular weight excluding hydrogens is 198 g/mol. The Labute approximate surface area is 95.0 Å². The Kier molecular flexibility index (Phi) is 2.91. The van der Waals surface area contributed by atoms with Gasteiger partial charge in [-0.25, -0.2) is 0 Å². The van der Waals surface area contributed by atoms with Crippen molar-refractivity contribution in [2.24, 2.45) is 0 Å². The molecule has 0 aliphatic rings. The van der Waals surface area contributed by atoms with Crippen LogP contribution in [0.1, 0.15) is 25.3 Å². The monoisotopic (exact) mass is 213 g/mol. The molecule has 0 amide bonds. The Morgan fingerprint density at radius 2 is 1.75 bits per heavy atom. The highest BCUT2D eigenvalue weighted by Gasteiger charge is 2.07. The smallest absolute Gasteiger partial charge is 0.248 e. The van der Waals surface area contributed by atoms with Crippen molar-refractivity contribution in [3.63, 3.8) is 0 Å². The summed E-state index contributed by atoms with van der Waals surface area (Å²) >= 11 is 0. The molecule has 2 rings (SSSR count). The van der Waals surface area contributed by atoms with E-state index in [1.807, 2.05) is 24.3 Å². The van der Waals surface area contributed by atoms with Gasteiger partial charge >= 0.3 is 0 Å². The molecule has 16 heavy (non-hydrogen) atoms. The summed E-state index contributed by atoms with van der Waals surface area (Å²) in [6.45, 7) is 4.31. The third kappa shape index (κ3) is 2.06. The second-order valence-corrected chi connectivity index (χ2v) is 4.17. The second kappa shape index (κ2) is 4.35. The van der Waals surface area contributed by atoms with E-state index in [-0.39, 0.29) is 5.56 Å². The summed E-state index contributed by atoms with van der Waals surface area (Å²) in [5.41, 5.74) is 3.19. The highest BCUT2D eigenvalue weighted by molar-refractivity contribution is 5.64. The molecule has 1 aromatic heterocycles. The zero-order valence-electron chi connectivity index (χ0n) is 9.53. The number of rotatable bonds is 2. The zero-order chi connectivity index (χ0) is 11.5. The second-order valence-electron chi connectivity index (χ2n) is 4.17. The molecule has 0 unspecified atom stereocenters. The number of pyridine rings is 1. The quantitative estimate of drug-likeness (QED) is 0.816. The van der Waals surface area contributed by atoms with E-state index in [9.17, 15) is 4.79 Å². The molecule has 1 N–H and O–H groups in total. The molecule has 2 aromatic rings. The minimum absolute atomic E-state index is 0.0592. The van der Waals surface area contributed by atoms with Gasteiger partial charge in [0.05, 0.1) is 0 Å². The van der Waals surface area contributed by atoms with E-state index in [1.54, 1.807) is 6.07 Å². The molecule has 0 spiro atoms. The first-order chi connectivity index (χ1) is 7.68. The van der Waals surface area contributed by atoms with Gasteiger partial charge in [0.1, 0.15) is 0 Å². The van der Waals surface area contributed by atoms with Crippen molar-refractivity contribution in [2.75, 3.05) is 0 Å². The van der Waals surface area contributed by atoms with Gasteiger partial charge in [0, 0.05) is 17.3 Å². The molecular formula is C14H15NO. The summed E-state index contributed by atoms with van der Waals surface area (Å²) < 4.78 is 0. The van der Waals surface area contributed by atoms with Crippen LogP contribution in [0.4, 0.5) is 0 Å². The van der Waals surface area contributed by atoms with Crippen LogP contribution in [-0.2, 0) is 0 Å². The molecule has 0 saturated carbocycles. The van der Waals surface area contributed by atoms with Gasteiger partial charge in [0.2, 0.25) is 5.56 Å². The number of hydrogen-bond acceptors (Lipinski definition) is 1. The molecule has 0 atom stereocenters. The summed E-state index contributed by atoms with van der Waals surface area (Å²) in [7, 11) is 0. The predicted molar refractivity (Wildman–Crippen MR) is 66.6 cm³/mol. The van der Waals surface area contributed by atoms with Crippen LogP contribution in [0, 0.1) is 0 Å². The normalized spacial score (nSPS) is 10.7. The Hall–Kier alpha value is -1.83. The Morgan fingerprint density at radius 3 is 2.44 bits per heavy atom. The van der Waals surface area contributed by atoms with Crippen LogP contribution >= 0.6 is 0 Å². The fourth-order valence-corrected chi connectivity index (χ4v) is 1.85. The molecule has 1 heterocycles. The van der Waals surface area contributed by atoms with Gasteiger partial charge < -0.3 is 4.98 Å². The van der Waals surface area contributed by atoms with Crippen LogP contribution in [0.2, 0.25) is 0 Å². The number of aromatic amines is 1. The third-order valence-electron chi connectivity index (χ3n) is 2.64. The molecule has 0 bridgehead atoms. The van der Waals surface area contributed by atoms with Gasteiger partial charge in [-0.05, 0) is 17.5 Å². The molecule has 82 valence electrons. The average molecular weight is 213 g/mol. The van der Waals surface area contributed by atoms with Crippen LogP contribution in [0.3, 0.4) is 0 Å². The zero-order valence-corrected chi connectivity index (χ0v) is 9.53. The van der Waals surface area contributed by atoms with Gasteiger partial charge in [-0.2, -0.15) is 0 Å². The first kappa shape index (κ1) is 10.7. The van der Waals surface area contributed by atoms with Crippen LogP contribution in [0.5, 0.6) is 0 Å². The number of aromatic nitrogens is 1. The Bertz CT molecular complexity index is 540. The maximum Gasteiger partial charge on any atom is 0.248 e. The molecule has 2 nitrogen and oxygen atoms in total. The van der Waals surface area contributed by atoms with Crippen molar-refractivity contribution in [3.8, 4) is 11.3 Å². The molecule has 0 saturated heterocycles. The van der Waals surface area contributed by atoms with Gasteiger partial charge in [0.25, 0.3) is 0 Å². The van der Waals surface area contributed by atoms with Crippen LogP contribution in [0.25, 0.3) is 11.3 Å². The lowest BCUT2D eigenvalue weighted by molar-refractivity contribution is 0.868. The molecule has 1 aromatic carbocycles. The lowest BCUT2D eigenvalue weighted by Gasteiger charge is -2.12. The minimum Gasteiger partial charge on any atom is -0.322 e. The Balaban J connectivity index is 2.60. The van der Waals surface area contributed by atoms with E-state index in [2.05, 4.69) is 24.9 Å². The molecule has 0 radical (unpaired) electrons. The maximum atomic E-state index is 11.3. The Morgan fingerprint density at radius 1 is 1.00 bits per heavy atom. The summed E-state index contributed by atoms with van der Waals surface area (Å²) in [4.78, 5) is 14.2. The molecule has 0 fully saturated rings. The lowest BCUT2D eigenvalue weighted by Crippen LogP contribution is -2.04. The van der Waals surface area contributed by atoms with Crippen LogP contribution in [0.15, 0.2) is 47.3 Å². The molecule has 2 heteroatoms. The summed E-state index contributed by atoms with van der Waals surface area (Å²) in [6, 6.07) is 13.4. The van der Waals surface area contributed by atoms with E-state index in [0.717, 1.165) is 11.3 Å². The third-order valence-corrected chi connectivity index (χ3v) is 2.64. The SMILES string of the molecule is CC(C)c1ccccc1-c1cccc(=O)[nH]1. The fourth-order valence-electron chi connectivity index (χ4n) is 1.85. The van der Waals surface area contributed by atoms with Crippen molar-refractivity contribution in [2.45, 2.75) is 19.8 Å². The first-order valence-electron chi connectivity index (χ1n) is 5.47. The molecule has 0 aliphatic heterocycles. The minimum atomic E-state index is -0.0592. The number of hydrogen-bond donors (Lipinski definition) is 1. The topological polar surface area (TPSA) is 32.9 Å². The van der Waals surface area contributed by atoms with Crippen molar-refractivity contribution >= 4 is 0 Å². The standard InChI is InChI=1S/C14H15NO/c1-10(2)11-6-3-4-7-12(11)13-8-5-9-14(16)15-13/h3-10H,1-2H3,(H,15,16). The van der Waals surface area contributed by atoms with Crippen molar-refractivity contribution in [1.82, 2.24) is 4.98 Å². The summed E-state index contributed by atoms with van der Waals surface area (Å²) in [5.74, 6) is 0.444. The predicted octanol–water partition coefficient (Wildman–Crippen LogP) is 3.17. The van der Waals surface area contributed by atoms with Crippen molar-refractivity contribution < 1.29 is 0 Å². The van der Waals surface area contributed by atoms with E-state index in [1.165, 1.54) is 11.6 Å². The van der Waals surface area contributed by atoms with Crippen LogP contribution in [-0.4, -0.2) is 4.98 Å². The summed E-state index contributed by atoms with van der Waals surface area (Å²) in [5, 5.41) is 0. The summed E-state index contributed by atoms with van der Waals surface area (Å²) in [6.07, 6.45) is 0. The van der Waals surface area contributed by atoms with Gasteiger partial charge in [-0.15, -0.1) is 0 Å². The van der Waals surface area contributed by atoms with Gasteiger partial charge in [-0.1, -0.05) is 44.2 Å². The first-order valence-corrected chi connectivity index (χ1v) is 5.47. The van der Waals surface area contributed by atoms with Gasteiger partial charge in [-0.3, -0.25) is 4.79 Å². The van der Waals surface area contributed by atoms with E-state index in [0.29, 0.717) is 5.92 Å². The maximum absolute atomic E-state index is 11.3. The van der Waals surface area contributed by atoms with E-state index < -0.39 is 0 Å². The largest absolute Gasteiger partial charge is 0.322 e. The average Bonchev–Trinajstić information content (AvgIpc) is 2.29. The van der Waals surface area contributed by atoms with Crippen molar-refractivity contribution in [3.05, 3.63) is 58.4 Å². The highest BCUT2D eigenvalue weighted by atomic mass is 16.1. The fraction of sp³-hybridized carbons (Fsp3) is 0.214. The molecule has 0 aliphatic carbocycles. The lowest BCUT2D eigenvalue weighted by atomic mass is 9.95. The van der Waals surface area contributed by atoms with E-state index >= 15 is 0 Å². The van der Waals surface area contributed by atoms with Crippen LogP contribution < -0.4 is 5.56 Å². The highest BCUT2D eigenvalue weighted by Crippen LogP contribution is 2.26. The van der Waals surface area contributed by atoms with E-state index in [4.69, 9.17) is 0 Å². The van der Waals surface area contributed by atoms with Gasteiger partial charge in [0.15, 0.2) is 0 Å².